The Labute approximate surface area is 151 Å². The van der Waals surface area contributed by atoms with Crippen molar-refractivity contribution < 1.29 is 18.4 Å². The maximum atomic E-state index is 12.5. The third-order valence-corrected chi connectivity index (χ3v) is 5.36. The zero-order valence-electron chi connectivity index (χ0n) is 14.8. The molecule has 0 unspecified atom stereocenters. The quantitative estimate of drug-likeness (QED) is 0.888. The number of benzene rings is 2. The standard InChI is InChI=1S/C20H20F2N2O2/c1-19(2)15-9-4-5-10-17(15)24(3)20(19)12-16(23-26-20)13-7-6-8-14(11-13)25-18(21)22/h4-12,18,23H,1-3H3/t20-/m0/s1. The number of nitrogens with zero attached hydrogens (tertiary/aromatic N) is 1. The number of fused-ring (bicyclic) bond motifs is 1. The number of halogens is 2. The van der Waals surface area contributed by atoms with Crippen LogP contribution in [0.4, 0.5) is 14.5 Å². The molecule has 0 bridgehead atoms. The van der Waals surface area contributed by atoms with Crippen LogP contribution < -0.4 is 15.1 Å². The lowest BCUT2D eigenvalue weighted by atomic mass is 9.77. The lowest BCUT2D eigenvalue weighted by Gasteiger charge is -2.39. The number of anilines is 1. The van der Waals surface area contributed by atoms with E-state index in [1.807, 2.05) is 31.3 Å². The van der Waals surface area contributed by atoms with Crippen molar-refractivity contribution in [1.29, 1.82) is 0 Å². The van der Waals surface area contributed by atoms with E-state index in [1.54, 1.807) is 12.1 Å². The molecule has 2 aromatic rings. The van der Waals surface area contributed by atoms with Crippen molar-refractivity contribution in [3.8, 4) is 5.75 Å². The molecule has 4 nitrogen and oxygen atoms in total. The van der Waals surface area contributed by atoms with Crippen LogP contribution >= 0.6 is 0 Å². The second-order valence-electron chi connectivity index (χ2n) is 7.07. The summed E-state index contributed by atoms with van der Waals surface area (Å²) in [7, 11) is 1.99. The Hall–Kier alpha value is -2.60. The predicted molar refractivity (Wildman–Crippen MR) is 95.9 cm³/mol. The molecule has 1 atom stereocenters. The van der Waals surface area contributed by atoms with Crippen molar-refractivity contribution >= 4 is 11.4 Å². The fraction of sp³-hybridized carbons (Fsp3) is 0.300. The van der Waals surface area contributed by atoms with Crippen LogP contribution in [0.5, 0.6) is 5.75 Å². The maximum absolute atomic E-state index is 12.5. The molecule has 0 amide bonds. The van der Waals surface area contributed by atoms with Crippen molar-refractivity contribution in [2.24, 2.45) is 0 Å². The monoisotopic (exact) mass is 358 g/mol. The third kappa shape index (κ3) is 2.29. The molecule has 6 heteroatoms. The summed E-state index contributed by atoms with van der Waals surface area (Å²) in [5.41, 5.74) is 5.69. The topological polar surface area (TPSA) is 33.7 Å². The SMILES string of the molecule is CN1c2ccccc2C(C)(C)[C@@]12C=C(c1cccc(OC(F)F)c1)NO2. The van der Waals surface area contributed by atoms with Crippen molar-refractivity contribution in [2.75, 3.05) is 11.9 Å². The minimum Gasteiger partial charge on any atom is -0.435 e. The van der Waals surface area contributed by atoms with Gasteiger partial charge in [0.2, 0.25) is 0 Å². The van der Waals surface area contributed by atoms with E-state index in [1.165, 1.54) is 11.6 Å². The van der Waals surface area contributed by atoms with E-state index < -0.39 is 12.3 Å². The van der Waals surface area contributed by atoms with Gasteiger partial charge in [0.1, 0.15) is 5.75 Å². The molecular formula is C20H20F2N2O2. The number of ether oxygens (including phenoxy) is 1. The summed E-state index contributed by atoms with van der Waals surface area (Å²) in [6, 6.07) is 14.8. The first kappa shape index (κ1) is 16.8. The summed E-state index contributed by atoms with van der Waals surface area (Å²) in [5, 5.41) is 0. The number of hydroxylamine groups is 1. The van der Waals surface area contributed by atoms with Gasteiger partial charge < -0.3 is 9.64 Å². The van der Waals surface area contributed by atoms with Crippen LogP contribution in [0.25, 0.3) is 5.70 Å². The van der Waals surface area contributed by atoms with Crippen LogP contribution in [0.1, 0.15) is 25.0 Å². The first-order valence-electron chi connectivity index (χ1n) is 8.41. The van der Waals surface area contributed by atoms with Gasteiger partial charge in [0.05, 0.1) is 5.70 Å². The number of hydrogen-bond acceptors (Lipinski definition) is 4. The van der Waals surface area contributed by atoms with E-state index in [-0.39, 0.29) is 11.2 Å². The Balaban J connectivity index is 1.75. The zero-order valence-corrected chi connectivity index (χ0v) is 14.8. The van der Waals surface area contributed by atoms with E-state index in [0.29, 0.717) is 0 Å². The third-order valence-electron chi connectivity index (χ3n) is 5.36. The molecule has 0 radical (unpaired) electrons. The summed E-state index contributed by atoms with van der Waals surface area (Å²) in [6.45, 7) is 1.41. The van der Waals surface area contributed by atoms with Crippen molar-refractivity contribution in [1.82, 2.24) is 5.48 Å². The van der Waals surface area contributed by atoms with Gasteiger partial charge in [0.15, 0.2) is 5.72 Å². The molecule has 1 spiro atoms. The Morgan fingerprint density at radius 3 is 2.62 bits per heavy atom. The number of nitrogens with one attached hydrogen (secondary N) is 1. The number of para-hydroxylation sites is 1. The second-order valence-corrected chi connectivity index (χ2v) is 7.07. The number of likely N-dealkylation sites (N-methyl/N-ethyl adjacent to an activating group) is 1. The molecule has 1 N–H and O–H groups in total. The average Bonchev–Trinajstić information content (AvgIpc) is 3.13. The maximum Gasteiger partial charge on any atom is 0.387 e. The van der Waals surface area contributed by atoms with E-state index in [4.69, 9.17) is 4.84 Å². The van der Waals surface area contributed by atoms with Crippen LogP contribution in [0.15, 0.2) is 54.6 Å². The molecule has 4 rings (SSSR count). The summed E-state index contributed by atoms with van der Waals surface area (Å²) < 4.78 is 29.5. The Morgan fingerprint density at radius 2 is 1.88 bits per heavy atom. The second kappa shape index (κ2) is 5.71. The lowest BCUT2D eigenvalue weighted by molar-refractivity contribution is -0.0679. The van der Waals surface area contributed by atoms with Gasteiger partial charge in [0.25, 0.3) is 0 Å². The van der Waals surface area contributed by atoms with Crippen LogP contribution in [0, 0.1) is 0 Å². The predicted octanol–water partition coefficient (Wildman–Crippen LogP) is 4.29. The minimum atomic E-state index is -2.85. The fourth-order valence-electron chi connectivity index (χ4n) is 3.93. The van der Waals surface area contributed by atoms with Gasteiger partial charge in [0, 0.05) is 23.7 Å². The van der Waals surface area contributed by atoms with Gasteiger partial charge in [-0.15, -0.1) is 0 Å². The van der Waals surface area contributed by atoms with Crippen LogP contribution in [-0.4, -0.2) is 19.4 Å². The Bertz CT molecular complexity index is 882. The minimum absolute atomic E-state index is 0.114. The molecule has 2 heterocycles. The van der Waals surface area contributed by atoms with Crippen LogP contribution in [0.3, 0.4) is 0 Å². The summed E-state index contributed by atoms with van der Waals surface area (Å²) in [6.07, 6.45) is 2.01. The molecule has 2 aliphatic rings. The first-order valence-corrected chi connectivity index (χ1v) is 8.41. The van der Waals surface area contributed by atoms with Crippen molar-refractivity contribution in [3.05, 3.63) is 65.7 Å². The van der Waals surface area contributed by atoms with Crippen molar-refractivity contribution in [2.45, 2.75) is 31.6 Å². The van der Waals surface area contributed by atoms with Gasteiger partial charge in [-0.1, -0.05) is 44.2 Å². The summed E-state index contributed by atoms with van der Waals surface area (Å²) >= 11 is 0. The Morgan fingerprint density at radius 1 is 1.12 bits per heavy atom. The number of rotatable bonds is 3. The van der Waals surface area contributed by atoms with E-state index in [9.17, 15) is 8.78 Å². The van der Waals surface area contributed by atoms with Gasteiger partial charge in [-0.3, -0.25) is 5.48 Å². The first-order chi connectivity index (χ1) is 12.3. The highest BCUT2D eigenvalue weighted by atomic mass is 19.3. The molecule has 0 saturated heterocycles. The molecular weight excluding hydrogens is 338 g/mol. The van der Waals surface area contributed by atoms with Gasteiger partial charge >= 0.3 is 6.61 Å². The molecule has 2 aliphatic heterocycles. The highest BCUT2D eigenvalue weighted by Crippen LogP contribution is 2.54. The van der Waals surface area contributed by atoms with Crippen LogP contribution in [0.2, 0.25) is 0 Å². The van der Waals surface area contributed by atoms with E-state index >= 15 is 0 Å². The van der Waals surface area contributed by atoms with E-state index in [0.717, 1.165) is 16.9 Å². The van der Waals surface area contributed by atoms with Gasteiger partial charge in [-0.25, -0.2) is 4.84 Å². The van der Waals surface area contributed by atoms with Crippen LogP contribution in [-0.2, 0) is 10.3 Å². The molecule has 0 fully saturated rings. The molecule has 2 aromatic carbocycles. The summed E-state index contributed by atoms with van der Waals surface area (Å²) in [5.74, 6) is 0.114. The molecule has 0 aromatic heterocycles. The smallest absolute Gasteiger partial charge is 0.387 e. The molecule has 136 valence electrons. The molecule has 0 saturated carbocycles. The summed E-state index contributed by atoms with van der Waals surface area (Å²) in [4.78, 5) is 8.19. The number of hydrogen-bond donors (Lipinski definition) is 1. The highest BCUT2D eigenvalue weighted by Gasteiger charge is 2.58. The van der Waals surface area contributed by atoms with E-state index in [2.05, 4.69) is 41.1 Å². The average molecular weight is 358 g/mol. The Kier molecular flexibility index (Phi) is 3.70. The molecule has 26 heavy (non-hydrogen) atoms. The van der Waals surface area contributed by atoms with Gasteiger partial charge in [-0.05, 0) is 29.8 Å². The zero-order chi connectivity index (χ0) is 18.5. The highest BCUT2D eigenvalue weighted by molar-refractivity contribution is 5.74. The number of alkyl halides is 2. The van der Waals surface area contributed by atoms with Crippen molar-refractivity contribution in [3.63, 3.8) is 0 Å². The lowest BCUT2D eigenvalue weighted by Crippen LogP contribution is -2.54. The normalized spacial score (nSPS) is 23.2. The molecule has 0 aliphatic carbocycles. The largest absolute Gasteiger partial charge is 0.435 e. The van der Waals surface area contributed by atoms with Gasteiger partial charge in [-0.2, -0.15) is 8.78 Å². The fourth-order valence-corrected chi connectivity index (χ4v) is 3.93.